The Bertz CT molecular complexity index is 1020. The zero-order valence-electron chi connectivity index (χ0n) is 17.0. The fourth-order valence-corrected chi connectivity index (χ4v) is 3.88. The standard InChI is InChI=1S/C23H26N4O3/c1-30-20-10-8-17(15-19(20)28)23(29)24-18-9-12-22-26-25-21(27(22)14-13-18)11-7-16-5-3-2-4-6-16/h2-6,8,10,15,18,28H,7,9,11-14H2,1H3,(H,24,29). The Morgan fingerprint density at radius 1 is 1.17 bits per heavy atom. The summed E-state index contributed by atoms with van der Waals surface area (Å²) in [6.07, 6.45) is 4.18. The Morgan fingerprint density at radius 3 is 2.77 bits per heavy atom. The van der Waals surface area contributed by atoms with Gasteiger partial charge in [0.15, 0.2) is 11.5 Å². The Kier molecular flexibility index (Phi) is 5.97. The second-order valence-electron chi connectivity index (χ2n) is 7.55. The first-order chi connectivity index (χ1) is 14.6. The number of fused-ring (bicyclic) bond motifs is 1. The second-order valence-corrected chi connectivity index (χ2v) is 7.55. The average molecular weight is 406 g/mol. The lowest BCUT2D eigenvalue weighted by Crippen LogP contribution is -2.35. The molecule has 2 heterocycles. The number of aromatic hydroxyl groups is 1. The topological polar surface area (TPSA) is 89.3 Å². The van der Waals surface area contributed by atoms with Crippen molar-refractivity contribution in [3.8, 4) is 11.5 Å². The molecule has 156 valence electrons. The molecule has 0 aliphatic carbocycles. The van der Waals surface area contributed by atoms with Gasteiger partial charge in [-0.15, -0.1) is 10.2 Å². The van der Waals surface area contributed by atoms with Crippen molar-refractivity contribution in [3.05, 3.63) is 71.3 Å². The summed E-state index contributed by atoms with van der Waals surface area (Å²) >= 11 is 0. The summed E-state index contributed by atoms with van der Waals surface area (Å²) in [5.41, 5.74) is 1.71. The van der Waals surface area contributed by atoms with Gasteiger partial charge in [0.1, 0.15) is 11.6 Å². The van der Waals surface area contributed by atoms with E-state index in [2.05, 4.69) is 44.3 Å². The number of hydrogen-bond donors (Lipinski definition) is 2. The molecule has 1 unspecified atom stereocenters. The number of methoxy groups -OCH3 is 1. The molecule has 0 spiro atoms. The SMILES string of the molecule is COc1ccc(C(=O)NC2CCc3nnc(CCc4ccccc4)n3CC2)cc1O. The minimum absolute atomic E-state index is 0.0414. The smallest absolute Gasteiger partial charge is 0.251 e. The molecule has 0 saturated carbocycles. The molecule has 0 saturated heterocycles. The summed E-state index contributed by atoms with van der Waals surface area (Å²) in [6, 6.07) is 15.1. The maximum atomic E-state index is 12.6. The number of amides is 1. The summed E-state index contributed by atoms with van der Waals surface area (Å²) in [5.74, 6) is 2.10. The molecule has 7 nitrogen and oxygen atoms in total. The molecule has 1 amide bonds. The van der Waals surface area contributed by atoms with Gasteiger partial charge in [-0.05, 0) is 43.0 Å². The number of ether oxygens (including phenoxy) is 1. The summed E-state index contributed by atoms with van der Waals surface area (Å²) < 4.78 is 7.24. The molecule has 0 radical (unpaired) electrons. The van der Waals surface area contributed by atoms with E-state index in [9.17, 15) is 9.90 Å². The summed E-state index contributed by atoms with van der Waals surface area (Å²) in [7, 11) is 1.48. The normalized spacial score (nSPS) is 15.8. The molecule has 7 heteroatoms. The lowest BCUT2D eigenvalue weighted by Gasteiger charge is -2.16. The minimum atomic E-state index is -0.195. The maximum Gasteiger partial charge on any atom is 0.251 e. The Balaban J connectivity index is 1.37. The summed E-state index contributed by atoms with van der Waals surface area (Å²) in [6.45, 7) is 0.783. The van der Waals surface area contributed by atoms with Gasteiger partial charge in [-0.25, -0.2) is 0 Å². The van der Waals surface area contributed by atoms with Gasteiger partial charge in [0.2, 0.25) is 0 Å². The number of carbonyl (C=O) groups excluding carboxylic acids is 1. The number of nitrogens with zero attached hydrogens (tertiary/aromatic N) is 3. The van der Waals surface area contributed by atoms with Crippen LogP contribution in [0.15, 0.2) is 48.5 Å². The molecule has 1 aliphatic rings. The second kappa shape index (κ2) is 8.98. The van der Waals surface area contributed by atoms with Crippen molar-refractivity contribution in [1.29, 1.82) is 0 Å². The summed E-state index contributed by atoms with van der Waals surface area (Å²) in [5, 5.41) is 21.8. The van der Waals surface area contributed by atoms with E-state index in [-0.39, 0.29) is 17.7 Å². The monoisotopic (exact) mass is 406 g/mol. The summed E-state index contributed by atoms with van der Waals surface area (Å²) in [4.78, 5) is 12.6. The van der Waals surface area contributed by atoms with Crippen molar-refractivity contribution in [2.75, 3.05) is 7.11 Å². The zero-order chi connectivity index (χ0) is 20.9. The number of hydrogen-bond acceptors (Lipinski definition) is 5. The highest BCUT2D eigenvalue weighted by Crippen LogP contribution is 2.26. The predicted molar refractivity (Wildman–Crippen MR) is 113 cm³/mol. The number of phenolic OH excluding ortho intramolecular Hbond substituents is 1. The Hall–Kier alpha value is -3.35. The van der Waals surface area contributed by atoms with Crippen LogP contribution in [0.1, 0.15) is 40.4 Å². The first-order valence-electron chi connectivity index (χ1n) is 10.3. The Morgan fingerprint density at radius 2 is 2.00 bits per heavy atom. The fourth-order valence-electron chi connectivity index (χ4n) is 3.88. The first kappa shape index (κ1) is 19.9. The molecule has 4 rings (SSSR count). The molecule has 1 aromatic heterocycles. The third-order valence-electron chi connectivity index (χ3n) is 5.58. The first-order valence-corrected chi connectivity index (χ1v) is 10.3. The lowest BCUT2D eigenvalue weighted by molar-refractivity contribution is 0.0932. The molecular weight excluding hydrogens is 380 g/mol. The number of aromatic nitrogens is 3. The van der Waals surface area contributed by atoms with E-state index >= 15 is 0 Å². The van der Waals surface area contributed by atoms with Crippen molar-refractivity contribution >= 4 is 5.91 Å². The van der Waals surface area contributed by atoms with E-state index < -0.39 is 0 Å². The maximum absolute atomic E-state index is 12.6. The minimum Gasteiger partial charge on any atom is -0.504 e. The highest BCUT2D eigenvalue weighted by atomic mass is 16.5. The van der Waals surface area contributed by atoms with Crippen LogP contribution in [0.4, 0.5) is 0 Å². The molecule has 2 aromatic carbocycles. The van der Waals surface area contributed by atoms with Gasteiger partial charge in [-0.2, -0.15) is 0 Å². The molecule has 1 aliphatic heterocycles. The third-order valence-corrected chi connectivity index (χ3v) is 5.58. The molecule has 30 heavy (non-hydrogen) atoms. The number of phenols is 1. The highest BCUT2D eigenvalue weighted by molar-refractivity contribution is 5.95. The third kappa shape index (κ3) is 4.45. The van der Waals surface area contributed by atoms with Crippen LogP contribution in [-0.4, -0.2) is 38.9 Å². The van der Waals surface area contributed by atoms with Gasteiger partial charge >= 0.3 is 0 Å². The number of rotatable bonds is 6. The van der Waals surface area contributed by atoms with Gasteiger partial charge in [0, 0.05) is 31.0 Å². The lowest BCUT2D eigenvalue weighted by atomic mass is 10.1. The molecule has 2 N–H and O–H groups in total. The van der Waals surface area contributed by atoms with E-state index in [1.165, 1.54) is 18.7 Å². The molecule has 1 atom stereocenters. The Labute approximate surface area is 175 Å². The van der Waals surface area contributed by atoms with Crippen molar-refractivity contribution in [1.82, 2.24) is 20.1 Å². The van der Waals surface area contributed by atoms with Crippen LogP contribution in [-0.2, 0) is 25.8 Å². The van der Waals surface area contributed by atoms with Gasteiger partial charge in [0.05, 0.1) is 7.11 Å². The molecule has 3 aromatic rings. The van der Waals surface area contributed by atoms with Crippen LogP contribution < -0.4 is 10.1 Å². The van der Waals surface area contributed by atoms with Crippen LogP contribution in [0.2, 0.25) is 0 Å². The zero-order valence-corrected chi connectivity index (χ0v) is 17.0. The predicted octanol–water partition coefficient (Wildman–Crippen LogP) is 2.91. The average Bonchev–Trinajstić information content (AvgIpc) is 3.05. The molecule has 0 bridgehead atoms. The largest absolute Gasteiger partial charge is 0.504 e. The quantitative estimate of drug-likeness (QED) is 0.657. The van der Waals surface area contributed by atoms with E-state index in [0.29, 0.717) is 11.3 Å². The van der Waals surface area contributed by atoms with Crippen molar-refractivity contribution in [3.63, 3.8) is 0 Å². The van der Waals surface area contributed by atoms with Crippen LogP contribution in [0.5, 0.6) is 11.5 Å². The van der Waals surface area contributed by atoms with Crippen LogP contribution >= 0.6 is 0 Å². The van der Waals surface area contributed by atoms with Gasteiger partial charge in [0.25, 0.3) is 5.91 Å². The van der Waals surface area contributed by atoms with Gasteiger partial charge in [-0.1, -0.05) is 30.3 Å². The van der Waals surface area contributed by atoms with Crippen LogP contribution in [0.3, 0.4) is 0 Å². The van der Waals surface area contributed by atoms with Crippen molar-refractivity contribution < 1.29 is 14.6 Å². The number of benzene rings is 2. The van der Waals surface area contributed by atoms with E-state index in [1.807, 2.05) is 6.07 Å². The number of carbonyl (C=O) groups is 1. The van der Waals surface area contributed by atoms with Gasteiger partial charge < -0.3 is 19.7 Å². The van der Waals surface area contributed by atoms with Gasteiger partial charge in [-0.3, -0.25) is 4.79 Å². The molecular formula is C23H26N4O3. The fraction of sp³-hybridized carbons (Fsp3) is 0.348. The molecule has 0 fully saturated rings. The number of aryl methyl sites for hydroxylation is 3. The van der Waals surface area contributed by atoms with E-state index in [4.69, 9.17) is 4.74 Å². The van der Waals surface area contributed by atoms with Crippen molar-refractivity contribution in [2.24, 2.45) is 0 Å². The number of nitrogens with one attached hydrogen (secondary N) is 1. The van der Waals surface area contributed by atoms with Crippen LogP contribution in [0.25, 0.3) is 0 Å². The van der Waals surface area contributed by atoms with E-state index in [0.717, 1.165) is 50.3 Å². The van der Waals surface area contributed by atoms with E-state index in [1.54, 1.807) is 12.1 Å². The van der Waals surface area contributed by atoms with Crippen LogP contribution in [0, 0.1) is 0 Å². The highest BCUT2D eigenvalue weighted by Gasteiger charge is 2.22. The van der Waals surface area contributed by atoms with Crippen molar-refractivity contribution in [2.45, 2.75) is 44.7 Å².